The summed E-state index contributed by atoms with van der Waals surface area (Å²) in [7, 11) is 1.84. The molecule has 0 aliphatic carbocycles. The molecule has 0 heterocycles. The van der Waals surface area contributed by atoms with Gasteiger partial charge in [0.05, 0.1) is 0 Å². The Morgan fingerprint density at radius 3 is 2.00 bits per heavy atom. The molecule has 0 spiro atoms. The smallest absolute Gasteiger partial charge is 0.130 e. The Kier molecular flexibility index (Phi) is 2.36. The molecule has 0 saturated heterocycles. The third-order valence-corrected chi connectivity index (χ3v) is 1.86. The predicted octanol–water partition coefficient (Wildman–Crippen LogP) is 2.93. The first-order valence-electron chi connectivity index (χ1n) is 4.01. The molecule has 0 unspecified atom stereocenters. The largest absolute Gasteiger partial charge is 0.388 e. The van der Waals surface area contributed by atoms with Gasteiger partial charge in [0.1, 0.15) is 5.67 Å². The SMILES string of the molecule is CNc1ccc(C(C)(C)F)cc1. The van der Waals surface area contributed by atoms with Crippen molar-refractivity contribution in [2.24, 2.45) is 0 Å². The molecule has 1 rings (SSSR count). The van der Waals surface area contributed by atoms with Gasteiger partial charge in [-0.3, -0.25) is 0 Å². The Bertz CT molecular complexity index is 246. The molecule has 1 nitrogen and oxygen atoms in total. The van der Waals surface area contributed by atoms with Crippen LogP contribution in [0.5, 0.6) is 0 Å². The standard InChI is InChI=1S/C10H14FN/c1-10(2,11)8-4-6-9(12-3)7-5-8/h4-7,12H,1-3H3. The molecule has 1 aromatic rings. The number of rotatable bonds is 2. The summed E-state index contributed by atoms with van der Waals surface area (Å²) in [6.45, 7) is 3.11. The quantitative estimate of drug-likeness (QED) is 0.714. The summed E-state index contributed by atoms with van der Waals surface area (Å²) in [4.78, 5) is 0. The van der Waals surface area contributed by atoms with Crippen LogP contribution in [0.4, 0.5) is 10.1 Å². The van der Waals surface area contributed by atoms with Crippen LogP contribution in [-0.2, 0) is 5.67 Å². The molecule has 0 aliphatic heterocycles. The fourth-order valence-corrected chi connectivity index (χ4v) is 1.03. The van der Waals surface area contributed by atoms with E-state index in [1.165, 1.54) is 0 Å². The number of hydrogen-bond donors (Lipinski definition) is 1. The second kappa shape index (κ2) is 3.13. The first-order valence-corrected chi connectivity index (χ1v) is 4.01. The minimum Gasteiger partial charge on any atom is -0.388 e. The lowest BCUT2D eigenvalue weighted by Crippen LogP contribution is -2.08. The zero-order valence-electron chi connectivity index (χ0n) is 7.69. The normalized spacial score (nSPS) is 11.3. The molecule has 66 valence electrons. The summed E-state index contributed by atoms with van der Waals surface area (Å²) in [5.41, 5.74) is 0.469. The van der Waals surface area contributed by atoms with Crippen molar-refractivity contribution in [1.82, 2.24) is 0 Å². The van der Waals surface area contributed by atoms with E-state index in [2.05, 4.69) is 5.32 Å². The van der Waals surface area contributed by atoms with E-state index in [4.69, 9.17) is 0 Å². The lowest BCUT2D eigenvalue weighted by Gasteiger charge is -2.14. The van der Waals surface area contributed by atoms with Gasteiger partial charge in [-0.1, -0.05) is 12.1 Å². The number of halogens is 1. The van der Waals surface area contributed by atoms with Crippen LogP contribution in [0.3, 0.4) is 0 Å². The minimum absolute atomic E-state index is 0.710. The molecular weight excluding hydrogens is 153 g/mol. The van der Waals surface area contributed by atoms with Crippen LogP contribution in [0, 0.1) is 0 Å². The fraction of sp³-hybridized carbons (Fsp3) is 0.400. The maximum Gasteiger partial charge on any atom is 0.130 e. The van der Waals surface area contributed by atoms with Gasteiger partial charge in [0, 0.05) is 12.7 Å². The van der Waals surface area contributed by atoms with Gasteiger partial charge in [-0.15, -0.1) is 0 Å². The van der Waals surface area contributed by atoms with Crippen LogP contribution in [0.15, 0.2) is 24.3 Å². The monoisotopic (exact) mass is 167 g/mol. The van der Waals surface area contributed by atoms with E-state index in [1.807, 2.05) is 19.2 Å². The molecule has 1 N–H and O–H groups in total. The molecule has 0 amide bonds. The van der Waals surface area contributed by atoms with Gasteiger partial charge >= 0.3 is 0 Å². The van der Waals surface area contributed by atoms with E-state index >= 15 is 0 Å². The molecule has 0 aliphatic rings. The van der Waals surface area contributed by atoms with Crippen molar-refractivity contribution >= 4 is 5.69 Å². The summed E-state index contributed by atoms with van der Waals surface area (Å²) in [5.74, 6) is 0. The van der Waals surface area contributed by atoms with Crippen molar-refractivity contribution in [3.8, 4) is 0 Å². The molecule has 0 atom stereocenters. The Morgan fingerprint density at radius 1 is 1.17 bits per heavy atom. The summed E-state index contributed by atoms with van der Waals surface area (Å²) in [6.07, 6.45) is 0. The topological polar surface area (TPSA) is 12.0 Å². The van der Waals surface area contributed by atoms with Crippen molar-refractivity contribution in [3.05, 3.63) is 29.8 Å². The molecular formula is C10H14FN. The maximum atomic E-state index is 13.3. The van der Waals surface area contributed by atoms with E-state index in [1.54, 1.807) is 26.0 Å². The predicted molar refractivity (Wildman–Crippen MR) is 50.1 cm³/mol. The second-order valence-corrected chi connectivity index (χ2v) is 3.30. The maximum absolute atomic E-state index is 13.3. The first kappa shape index (κ1) is 9.04. The van der Waals surface area contributed by atoms with Crippen LogP contribution in [0.2, 0.25) is 0 Å². The molecule has 12 heavy (non-hydrogen) atoms. The number of anilines is 1. The van der Waals surface area contributed by atoms with Gasteiger partial charge in [-0.2, -0.15) is 0 Å². The summed E-state index contributed by atoms with van der Waals surface area (Å²) < 4.78 is 13.3. The summed E-state index contributed by atoms with van der Waals surface area (Å²) in [6, 6.07) is 7.34. The van der Waals surface area contributed by atoms with Crippen molar-refractivity contribution in [2.45, 2.75) is 19.5 Å². The molecule has 1 aromatic carbocycles. The van der Waals surface area contributed by atoms with Crippen LogP contribution in [-0.4, -0.2) is 7.05 Å². The van der Waals surface area contributed by atoms with E-state index in [9.17, 15) is 4.39 Å². The molecule has 2 heteroatoms. The number of benzene rings is 1. The molecule has 0 saturated carbocycles. The number of alkyl halides is 1. The van der Waals surface area contributed by atoms with Gasteiger partial charge in [0.15, 0.2) is 0 Å². The van der Waals surface area contributed by atoms with Crippen molar-refractivity contribution in [1.29, 1.82) is 0 Å². The Hall–Kier alpha value is -1.05. The lowest BCUT2D eigenvalue weighted by atomic mass is 10.0. The van der Waals surface area contributed by atoms with Gasteiger partial charge < -0.3 is 5.32 Å². The van der Waals surface area contributed by atoms with E-state index in [0.29, 0.717) is 5.56 Å². The Balaban J connectivity index is 2.93. The number of nitrogens with one attached hydrogen (secondary N) is 1. The first-order chi connectivity index (χ1) is 5.54. The van der Waals surface area contributed by atoms with Gasteiger partial charge in [0.25, 0.3) is 0 Å². The Labute approximate surface area is 72.6 Å². The van der Waals surface area contributed by atoms with E-state index < -0.39 is 5.67 Å². The van der Waals surface area contributed by atoms with Crippen LogP contribution in [0.1, 0.15) is 19.4 Å². The number of hydrogen-bond acceptors (Lipinski definition) is 1. The van der Waals surface area contributed by atoms with Crippen molar-refractivity contribution in [3.63, 3.8) is 0 Å². The van der Waals surface area contributed by atoms with Gasteiger partial charge in [0.2, 0.25) is 0 Å². The van der Waals surface area contributed by atoms with Crippen LogP contribution in [0.25, 0.3) is 0 Å². The molecule has 0 fully saturated rings. The highest BCUT2D eigenvalue weighted by Crippen LogP contribution is 2.25. The zero-order valence-corrected chi connectivity index (χ0v) is 7.69. The molecule has 0 bridgehead atoms. The third-order valence-electron chi connectivity index (χ3n) is 1.86. The van der Waals surface area contributed by atoms with E-state index in [-0.39, 0.29) is 0 Å². The average Bonchev–Trinajstić information content (AvgIpc) is 2.03. The average molecular weight is 167 g/mol. The minimum atomic E-state index is -1.24. The highest BCUT2D eigenvalue weighted by molar-refractivity contribution is 5.44. The highest BCUT2D eigenvalue weighted by atomic mass is 19.1. The van der Waals surface area contributed by atoms with Gasteiger partial charge in [-0.25, -0.2) is 4.39 Å². The van der Waals surface area contributed by atoms with Crippen LogP contribution < -0.4 is 5.32 Å². The van der Waals surface area contributed by atoms with Gasteiger partial charge in [-0.05, 0) is 31.5 Å². The summed E-state index contributed by atoms with van der Waals surface area (Å²) in [5, 5.41) is 2.98. The third kappa shape index (κ3) is 1.97. The van der Waals surface area contributed by atoms with E-state index in [0.717, 1.165) is 5.69 Å². The molecule has 0 aromatic heterocycles. The van der Waals surface area contributed by atoms with Crippen molar-refractivity contribution < 1.29 is 4.39 Å². The summed E-state index contributed by atoms with van der Waals surface area (Å²) >= 11 is 0. The molecule has 0 radical (unpaired) electrons. The second-order valence-electron chi connectivity index (χ2n) is 3.30. The van der Waals surface area contributed by atoms with Crippen LogP contribution >= 0.6 is 0 Å². The Morgan fingerprint density at radius 2 is 1.67 bits per heavy atom. The lowest BCUT2D eigenvalue weighted by molar-refractivity contribution is 0.221. The zero-order chi connectivity index (χ0) is 9.19. The van der Waals surface area contributed by atoms with Crippen molar-refractivity contribution in [2.75, 3.05) is 12.4 Å². The highest BCUT2D eigenvalue weighted by Gasteiger charge is 2.17. The fourth-order valence-electron chi connectivity index (χ4n) is 1.03.